The molecule has 10 nitrogen and oxygen atoms in total. The molecule has 2 heterocycles. The van der Waals surface area contributed by atoms with Gasteiger partial charge in [0.15, 0.2) is 0 Å². The normalized spacial score (nSPS) is 11.9. The van der Waals surface area contributed by atoms with Crippen LogP contribution in [0.25, 0.3) is 0 Å². The molecule has 2 aromatic heterocycles. The van der Waals surface area contributed by atoms with Gasteiger partial charge in [-0.15, -0.1) is 0 Å². The summed E-state index contributed by atoms with van der Waals surface area (Å²) in [6.07, 6.45) is 4.26. The Labute approximate surface area is 162 Å². The fourth-order valence-electron chi connectivity index (χ4n) is 2.37. The Morgan fingerprint density at radius 2 is 1.61 bits per heavy atom. The average molecular weight is 422 g/mol. The maximum Gasteiger partial charge on any atom is 0.265 e. The molecule has 2 N–H and O–H groups in total. The van der Waals surface area contributed by atoms with Gasteiger partial charge in [0, 0.05) is 30.8 Å². The molecule has 28 heavy (non-hydrogen) atoms. The van der Waals surface area contributed by atoms with Crippen LogP contribution in [0.15, 0.2) is 58.7 Å². The smallest absolute Gasteiger partial charge is 0.265 e. The number of benzene rings is 1. The van der Waals surface area contributed by atoms with Crippen LogP contribution in [-0.4, -0.2) is 36.6 Å². The maximum absolute atomic E-state index is 12.6. The molecule has 0 unspecified atom stereocenters. The van der Waals surface area contributed by atoms with Crippen molar-refractivity contribution >= 4 is 31.7 Å². The zero-order valence-electron chi connectivity index (χ0n) is 15.1. The standard InChI is InChI=1S/C16H18N6O4S2/c1-3-22-11-15(12(2)19-22)28(25,26)20-13-5-7-14(8-6-13)27(23,24)21-16-17-9-4-10-18-16/h4-11,20H,3H2,1-2H3,(H,17,18,21). The lowest BCUT2D eigenvalue weighted by atomic mass is 10.3. The van der Waals surface area contributed by atoms with Gasteiger partial charge in [0.1, 0.15) is 4.90 Å². The first kappa shape index (κ1) is 19.8. The van der Waals surface area contributed by atoms with Crippen LogP contribution in [-0.2, 0) is 26.6 Å². The fourth-order valence-corrected chi connectivity index (χ4v) is 4.57. The molecule has 3 aromatic rings. The molecule has 0 aliphatic heterocycles. The molecule has 0 spiro atoms. The first-order chi connectivity index (χ1) is 13.2. The molecular formula is C16H18N6O4S2. The molecule has 0 aliphatic carbocycles. The van der Waals surface area contributed by atoms with E-state index in [2.05, 4.69) is 24.5 Å². The third kappa shape index (κ3) is 4.28. The summed E-state index contributed by atoms with van der Waals surface area (Å²) in [7, 11) is -7.75. The molecule has 1 aromatic carbocycles. The van der Waals surface area contributed by atoms with E-state index in [0.29, 0.717) is 12.2 Å². The molecule has 148 valence electrons. The van der Waals surface area contributed by atoms with Crippen molar-refractivity contribution < 1.29 is 16.8 Å². The molecular weight excluding hydrogens is 404 g/mol. The monoisotopic (exact) mass is 422 g/mol. The summed E-state index contributed by atoms with van der Waals surface area (Å²) in [5, 5.41) is 4.12. The van der Waals surface area contributed by atoms with E-state index in [1.807, 2.05) is 6.92 Å². The molecule has 0 radical (unpaired) electrons. The summed E-state index contributed by atoms with van der Waals surface area (Å²) in [6.45, 7) is 4.00. The fraction of sp³-hybridized carbons (Fsp3) is 0.188. The quantitative estimate of drug-likeness (QED) is 0.590. The van der Waals surface area contributed by atoms with Crippen molar-refractivity contribution in [2.24, 2.45) is 0 Å². The van der Waals surface area contributed by atoms with Crippen LogP contribution in [0.3, 0.4) is 0 Å². The van der Waals surface area contributed by atoms with Crippen molar-refractivity contribution in [3.63, 3.8) is 0 Å². The van der Waals surface area contributed by atoms with Gasteiger partial charge in [0.05, 0.1) is 10.6 Å². The zero-order valence-corrected chi connectivity index (χ0v) is 16.7. The maximum atomic E-state index is 12.6. The van der Waals surface area contributed by atoms with E-state index >= 15 is 0 Å². The predicted molar refractivity (Wildman–Crippen MR) is 103 cm³/mol. The first-order valence-electron chi connectivity index (χ1n) is 8.18. The average Bonchev–Trinajstić information content (AvgIpc) is 3.04. The van der Waals surface area contributed by atoms with E-state index in [1.165, 1.54) is 47.5 Å². The number of hydrogen-bond donors (Lipinski definition) is 2. The zero-order chi connectivity index (χ0) is 20.4. The number of rotatable bonds is 7. The number of nitrogens with zero attached hydrogens (tertiary/aromatic N) is 4. The summed E-state index contributed by atoms with van der Waals surface area (Å²) in [6, 6.07) is 6.84. The Hall–Kier alpha value is -2.99. The highest BCUT2D eigenvalue weighted by molar-refractivity contribution is 7.93. The predicted octanol–water partition coefficient (Wildman–Crippen LogP) is 1.60. The van der Waals surface area contributed by atoms with E-state index in [1.54, 1.807) is 13.0 Å². The summed E-state index contributed by atoms with van der Waals surface area (Å²) in [4.78, 5) is 7.62. The van der Waals surface area contributed by atoms with Crippen LogP contribution in [0.4, 0.5) is 11.6 Å². The van der Waals surface area contributed by atoms with Gasteiger partial charge in [-0.3, -0.25) is 9.40 Å². The van der Waals surface area contributed by atoms with Crippen LogP contribution < -0.4 is 9.44 Å². The molecule has 0 aliphatic rings. The van der Waals surface area contributed by atoms with Crippen LogP contribution in [0.5, 0.6) is 0 Å². The third-order valence-corrected chi connectivity index (χ3v) is 6.55. The summed E-state index contributed by atoms with van der Waals surface area (Å²) < 4.78 is 56.0. The van der Waals surface area contributed by atoms with Gasteiger partial charge in [-0.2, -0.15) is 5.10 Å². The van der Waals surface area contributed by atoms with Crippen molar-refractivity contribution in [3.05, 3.63) is 54.6 Å². The molecule has 0 amide bonds. The summed E-state index contributed by atoms with van der Waals surface area (Å²) in [5.74, 6) is -0.0595. The SMILES string of the molecule is CCn1cc(S(=O)(=O)Nc2ccc(S(=O)(=O)Nc3ncccn3)cc2)c(C)n1. The van der Waals surface area contributed by atoms with Gasteiger partial charge in [0.2, 0.25) is 5.95 Å². The van der Waals surface area contributed by atoms with Crippen molar-refractivity contribution in [1.29, 1.82) is 0 Å². The number of sulfonamides is 2. The van der Waals surface area contributed by atoms with E-state index in [0.717, 1.165) is 0 Å². The highest BCUT2D eigenvalue weighted by Gasteiger charge is 2.21. The molecule has 12 heteroatoms. The van der Waals surface area contributed by atoms with Crippen LogP contribution >= 0.6 is 0 Å². The lowest BCUT2D eigenvalue weighted by Gasteiger charge is -2.09. The second-order valence-corrected chi connectivity index (χ2v) is 9.08. The molecule has 0 saturated carbocycles. The summed E-state index contributed by atoms with van der Waals surface area (Å²) >= 11 is 0. The minimum atomic E-state index is -3.90. The molecule has 0 saturated heterocycles. The van der Waals surface area contributed by atoms with Crippen molar-refractivity contribution in [1.82, 2.24) is 19.7 Å². The number of aromatic nitrogens is 4. The Morgan fingerprint density at radius 1 is 0.964 bits per heavy atom. The van der Waals surface area contributed by atoms with Gasteiger partial charge >= 0.3 is 0 Å². The van der Waals surface area contributed by atoms with E-state index in [-0.39, 0.29) is 21.4 Å². The highest BCUT2D eigenvalue weighted by atomic mass is 32.2. The van der Waals surface area contributed by atoms with Gasteiger partial charge in [-0.1, -0.05) is 0 Å². The van der Waals surface area contributed by atoms with E-state index in [9.17, 15) is 16.8 Å². The van der Waals surface area contributed by atoms with E-state index in [4.69, 9.17) is 0 Å². The lowest BCUT2D eigenvalue weighted by molar-refractivity contribution is 0.599. The second-order valence-electron chi connectivity index (χ2n) is 5.74. The molecule has 0 bridgehead atoms. The Kier molecular flexibility index (Phi) is 5.34. The Bertz CT molecular complexity index is 1170. The van der Waals surface area contributed by atoms with Crippen molar-refractivity contribution in [2.75, 3.05) is 9.44 Å². The Balaban J connectivity index is 1.79. The molecule has 0 atom stereocenters. The molecule has 0 fully saturated rings. The minimum Gasteiger partial charge on any atom is -0.280 e. The number of hydrogen-bond acceptors (Lipinski definition) is 7. The minimum absolute atomic E-state index is 0.0575. The largest absolute Gasteiger partial charge is 0.280 e. The van der Waals surface area contributed by atoms with Gasteiger partial charge in [-0.05, 0) is 44.2 Å². The topological polar surface area (TPSA) is 136 Å². The van der Waals surface area contributed by atoms with Gasteiger partial charge < -0.3 is 0 Å². The highest BCUT2D eigenvalue weighted by Crippen LogP contribution is 2.21. The summed E-state index contributed by atoms with van der Waals surface area (Å²) in [5.41, 5.74) is 0.596. The number of nitrogens with one attached hydrogen (secondary N) is 2. The first-order valence-corrected chi connectivity index (χ1v) is 11.1. The third-order valence-electron chi connectivity index (χ3n) is 3.72. The van der Waals surface area contributed by atoms with Crippen molar-refractivity contribution in [3.8, 4) is 0 Å². The number of aryl methyl sites for hydroxylation is 2. The van der Waals surface area contributed by atoms with Crippen molar-refractivity contribution in [2.45, 2.75) is 30.2 Å². The molecule has 3 rings (SSSR count). The lowest BCUT2D eigenvalue weighted by Crippen LogP contribution is -2.16. The van der Waals surface area contributed by atoms with Gasteiger partial charge in [0.25, 0.3) is 20.0 Å². The van der Waals surface area contributed by atoms with Crippen LogP contribution in [0.1, 0.15) is 12.6 Å². The van der Waals surface area contributed by atoms with Crippen LogP contribution in [0, 0.1) is 6.92 Å². The van der Waals surface area contributed by atoms with Crippen LogP contribution in [0.2, 0.25) is 0 Å². The van der Waals surface area contributed by atoms with Gasteiger partial charge in [-0.25, -0.2) is 31.5 Å². The Morgan fingerprint density at radius 3 is 2.18 bits per heavy atom. The second kappa shape index (κ2) is 7.56. The van der Waals surface area contributed by atoms with E-state index < -0.39 is 20.0 Å². The number of anilines is 2.